The van der Waals surface area contributed by atoms with Crippen molar-refractivity contribution >= 4 is 21.6 Å². The van der Waals surface area contributed by atoms with Crippen LogP contribution in [0, 0.1) is 0 Å². The van der Waals surface area contributed by atoms with E-state index in [2.05, 4.69) is 5.32 Å². The van der Waals surface area contributed by atoms with Gasteiger partial charge in [0.25, 0.3) is 5.91 Å². The zero-order valence-electron chi connectivity index (χ0n) is 18.8. The minimum atomic E-state index is -3.78. The molecule has 10 heteroatoms. The molecule has 5 rings (SSSR count). The van der Waals surface area contributed by atoms with Crippen molar-refractivity contribution in [3.05, 3.63) is 72.3 Å². The first-order valence-electron chi connectivity index (χ1n) is 11.2. The number of sulfonamides is 1. The van der Waals surface area contributed by atoms with Gasteiger partial charge < -0.3 is 24.3 Å². The molecular weight excluding hydrogens is 472 g/mol. The number of rotatable bonds is 6. The number of carbonyl (C=O) groups excluding carboxylic acids is 1. The largest absolute Gasteiger partial charge is 0.486 e. The third kappa shape index (κ3) is 5.09. The molecule has 3 aromatic carbocycles. The number of hydrogen-bond acceptors (Lipinski definition) is 7. The molecule has 0 aliphatic carbocycles. The second-order valence-corrected chi connectivity index (χ2v) is 9.84. The number of nitrogens with one attached hydrogen (secondary N) is 1. The molecule has 35 heavy (non-hydrogen) atoms. The van der Waals surface area contributed by atoms with E-state index in [1.54, 1.807) is 36.4 Å². The van der Waals surface area contributed by atoms with E-state index >= 15 is 0 Å². The van der Waals surface area contributed by atoms with E-state index < -0.39 is 15.9 Å². The van der Waals surface area contributed by atoms with E-state index in [-0.39, 0.29) is 23.7 Å². The maximum absolute atomic E-state index is 13.2. The first kappa shape index (κ1) is 23.2. The van der Waals surface area contributed by atoms with Crippen molar-refractivity contribution in [1.29, 1.82) is 0 Å². The highest BCUT2D eigenvalue weighted by atomic mass is 32.2. The summed E-state index contributed by atoms with van der Waals surface area (Å²) in [6.07, 6.45) is 0. The smallest absolute Gasteiger partial charge is 0.255 e. The molecule has 1 fully saturated rings. The SMILES string of the molecule is O=C(Nc1cc(S(=O)(=O)N2CCOCC2)ccc1Oc1ccccc1)c1ccc2c(c1)OCCO2. The van der Waals surface area contributed by atoms with Crippen molar-refractivity contribution in [2.75, 3.05) is 44.8 Å². The Balaban J connectivity index is 1.47. The summed E-state index contributed by atoms with van der Waals surface area (Å²) in [7, 11) is -3.78. The third-order valence-corrected chi connectivity index (χ3v) is 7.48. The van der Waals surface area contributed by atoms with Crippen molar-refractivity contribution < 1.29 is 32.2 Å². The van der Waals surface area contributed by atoms with Crippen molar-refractivity contribution in [2.24, 2.45) is 0 Å². The number of morpholine rings is 1. The van der Waals surface area contributed by atoms with E-state index in [0.717, 1.165) is 0 Å². The van der Waals surface area contributed by atoms with E-state index in [0.29, 0.717) is 55.0 Å². The summed E-state index contributed by atoms with van der Waals surface area (Å²) in [5.41, 5.74) is 0.560. The molecule has 0 atom stereocenters. The van der Waals surface area contributed by atoms with Gasteiger partial charge in [0.15, 0.2) is 17.2 Å². The Labute approximate surface area is 203 Å². The predicted molar refractivity (Wildman–Crippen MR) is 128 cm³/mol. The first-order chi connectivity index (χ1) is 17.0. The number of amides is 1. The predicted octanol–water partition coefficient (Wildman–Crippen LogP) is 3.52. The highest BCUT2D eigenvalue weighted by Crippen LogP contribution is 2.35. The van der Waals surface area contributed by atoms with Crippen LogP contribution in [0.3, 0.4) is 0 Å². The summed E-state index contributed by atoms with van der Waals surface area (Å²) in [6.45, 7) is 2.05. The number of ether oxygens (including phenoxy) is 4. The number of para-hydroxylation sites is 1. The number of fused-ring (bicyclic) bond motifs is 1. The normalized spacial score (nSPS) is 15.9. The average Bonchev–Trinajstić information content (AvgIpc) is 2.90. The highest BCUT2D eigenvalue weighted by molar-refractivity contribution is 7.89. The van der Waals surface area contributed by atoms with Crippen molar-refractivity contribution in [3.63, 3.8) is 0 Å². The van der Waals surface area contributed by atoms with Gasteiger partial charge in [0.1, 0.15) is 19.0 Å². The summed E-state index contributed by atoms with van der Waals surface area (Å²) in [5.74, 6) is 1.46. The fourth-order valence-electron chi connectivity index (χ4n) is 3.79. The van der Waals surface area contributed by atoms with Crippen LogP contribution >= 0.6 is 0 Å². The van der Waals surface area contributed by atoms with Crippen LogP contribution in [0.2, 0.25) is 0 Å². The zero-order chi connectivity index (χ0) is 24.3. The molecule has 2 aliphatic heterocycles. The summed E-state index contributed by atoms with van der Waals surface area (Å²) < 4.78 is 50.1. The van der Waals surface area contributed by atoms with Crippen LogP contribution in [-0.2, 0) is 14.8 Å². The van der Waals surface area contributed by atoms with Gasteiger partial charge in [0, 0.05) is 18.7 Å². The van der Waals surface area contributed by atoms with Crippen LogP contribution in [0.5, 0.6) is 23.0 Å². The highest BCUT2D eigenvalue weighted by Gasteiger charge is 2.27. The van der Waals surface area contributed by atoms with Crippen molar-refractivity contribution in [3.8, 4) is 23.0 Å². The van der Waals surface area contributed by atoms with Gasteiger partial charge in [-0.25, -0.2) is 8.42 Å². The molecule has 182 valence electrons. The lowest BCUT2D eigenvalue weighted by Gasteiger charge is -2.26. The first-order valence-corrected chi connectivity index (χ1v) is 12.6. The lowest BCUT2D eigenvalue weighted by molar-refractivity contribution is 0.0730. The summed E-state index contributed by atoms with van der Waals surface area (Å²) in [4.78, 5) is 13.2. The number of hydrogen-bond donors (Lipinski definition) is 1. The molecule has 3 aromatic rings. The van der Waals surface area contributed by atoms with E-state index in [1.807, 2.05) is 18.2 Å². The Morgan fingerprint density at radius 1 is 0.857 bits per heavy atom. The van der Waals surface area contributed by atoms with Gasteiger partial charge in [0.05, 0.1) is 23.8 Å². The molecule has 9 nitrogen and oxygen atoms in total. The molecule has 2 aliphatic rings. The Morgan fingerprint density at radius 2 is 1.60 bits per heavy atom. The second kappa shape index (κ2) is 9.95. The molecule has 0 saturated carbocycles. The fourth-order valence-corrected chi connectivity index (χ4v) is 5.22. The monoisotopic (exact) mass is 496 g/mol. The Hall–Kier alpha value is -3.60. The fraction of sp³-hybridized carbons (Fsp3) is 0.240. The molecule has 0 bridgehead atoms. The maximum atomic E-state index is 13.2. The minimum absolute atomic E-state index is 0.0530. The molecule has 1 N–H and O–H groups in total. The van der Waals surface area contributed by atoms with Gasteiger partial charge in [-0.2, -0.15) is 4.31 Å². The molecule has 0 spiro atoms. The van der Waals surface area contributed by atoms with Gasteiger partial charge >= 0.3 is 0 Å². The lowest BCUT2D eigenvalue weighted by Crippen LogP contribution is -2.40. The molecule has 0 unspecified atom stereocenters. The van der Waals surface area contributed by atoms with Gasteiger partial charge in [-0.05, 0) is 48.5 Å². The second-order valence-electron chi connectivity index (χ2n) is 7.90. The number of benzene rings is 3. The van der Waals surface area contributed by atoms with E-state index in [4.69, 9.17) is 18.9 Å². The topological polar surface area (TPSA) is 103 Å². The van der Waals surface area contributed by atoms with Gasteiger partial charge in [-0.15, -0.1) is 0 Å². The van der Waals surface area contributed by atoms with Gasteiger partial charge in [-0.3, -0.25) is 4.79 Å². The molecule has 1 amide bonds. The van der Waals surface area contributed by atoms with Crippen LogP contribution in [0.15, 0.2) is 71.6 Å². The molecular formula is C25H24N2O7S. The van der Waals surface area contributed by atoms with Crippen LogP contribution < -0.4 is 19.5 Å². The number of nitrogens with zero attached hydrogens (tertiary/aromatic N) is 1. The lowest BCUT2D eigenvalue weighted by atomic mass is 10.1. The average molecular weight is 497 g/mol. The van der Waals surface area contributed by atoms with Crippen LogP contribution in [0.1, 0.15) is 10.4 Å². The zero-order valence-corrected chi connectivity index (χ0v) is 19.6. The number of anilines is 1. The minimum Gasteiger partial charge on any atom is -0.486 e. The van der Waals surface area contributed by atoms with Crippen molar-refractivity contribution in [2.45, 2.75) is 4.90 Å². The van der Waals surface area contributed by atoms with Crippen molar-refractivity contribution in [1.82, 2.24) is 4.31 Å². The van der Waals surface area contributed by atoms with E-state index in [9.17, 15) is 13.2 Å². The molecule has 0 radical (unpaired) electrons. The summed E-state index contributed by atoms with van der Waals surface area (Å²) in [6, 6.07) is 18.3. The summed E-state index contributed by atoms with van der Waals surface area (Å²) in [5, 5.41) is 2.80. The molecule has 1 saturated heterocycles. The standard InChI is InChI=1S/C25H24N2O7S/c28-25(18-6-8-23-24(16-18)33-15-14-32-23)26-21-17-20(35(29,30)27-10-12-31-13-11-27)7-9-22(21)34-19-4-2-1-3-5-19/h1-9,16-17H,10-15H2,(H,26,28). The van der Waals surface area contributed by atoms with Crippen LogP contribution in [-0.4, -0.2) is 58.1 Å². The Bertz CT molecular complexity index is 1320. The summed E-state index contributed by atoms with van der Waals surface area (Å²) >= 11 is 0. The molecule has 0 aromatic heterocycles. The van der Waals surface area contributed by atoms with E-state index in [1.165, 1.54) is 16.4 Å². The van der Waals surface area contributed by atoms with Gasteiger partial charge in [-0.1, -0.05) is 18.2 Å². The van der Waals surface area contributed by atoms with Crippen LogP contribution in [0.4, 0.5) is 5.69 Å². The van der Waals surface area contributed by atoms with Crippen LogP contribution in [0.25, 0.3) is 0 Å². The quantitative estimate of drug-likeness (QED) is 0.557. The Morgan fingerprint density at radius 3 is 2.37 bits per heavy atom. The van der Waals surface area contributed by atoms with Gasteiger partial charge in [0.2, 0.25) is 10.0 Å². The third-order valence-electron chi connectivity index (χ3n) is 5.58. The Kier molecular flexibility index (Phi) is 6.58. The maximum Gasteiger partial charge on any atom is 0.255 e. The molecule has 2 heterocycles. The number of carbonyl (C=O) groups is 1.